The highest BCUT2D eigenvalue weighted by molar-refractivity contribution is 7.86. The Labute approximate surface area is 114 Å². The number of halogens is 3. The zero-order chi connectivity index (χ0) is 14.2. The van der Waals surface area contributed by atoms with Crippen LogP contribution in [-0.2, 0) is 15.0 Å². The van der Waals surface area contributed by atoms with Gasteiger partial charge in [0, 0.05) is 24.6 Å². The first-order valence-electron chi connectivity index (χ1n) is 5.44. The number of rotatable bonds is 3. The summed E-state index contributed by atoms with van der Waals surface area (Å²) in [4.78, 5) is 13.0. The summed E-state index contributed by atoms with van der Waals surface area (Å²) in [6.45, 7) is 0.0447. The second-order valence-corrected chi connectivity index (χ2v) is 6.20. The van der Waals surface area contributed by atoms with Gasteiger partial charge in [0.05, 0.1) is 10.8 Å². The van der Waals surface area contributed by atoms with Gasteiger partial charge >= 0.3 is 10.2 Å². The van der Waals surface area contributed by atoms with E-state index < -0.39 is 27.7 Å². The molecule has 0 radical (unpaired) electrons. The van der Waals surface area contributed by atoms with Crippen molar-refractivity contribution in [1.82, 2.24) is 0 Å². The molecule has 104 valence electrons. The molecule has 1 heterocycles. The molecular formula is C11H10ClF2NO3S. The van der Waals surface area contributed by atoms with Gasteiger partial charge in [-0.25, -0.2) is 4.39 Å². The minimum Gasteiger partial charge on any atom is -0.312 e. The van der Waals surface area contributed by atoms with Crippen LogP contribution >= 0.6 is 11.6 Å². The highest BCUT2D eigenvalue weighted by Gasteiger charge is 2.33. The Morgan fingerprint density at radius 3 is 2.68 bits per heavy atom. The molecule has 1 amide bonds. The zero-order valence-corrected chi connectivity index (χ0v) is 11.2. The van der Waals surface area contributed by atoms with E-state index in [1.807, 2.05) is 0 Å². The molecule has 1 aromatic rings. The van der Waals surface area contributed by atoms with E-state index in [1.165, 1.54) is 17.0 Å². The van der Waals surface area contributed by atoms with E-state index >= 15 is 0 Å². The van der Waals surface area contributed by atoms with Crippen molar-refractivity contribution in [1.29, 1.82) is 0 Å². The highest BCUT2D eigenvalue weighted by atomic mass is 35.5. The van der Waals surface area contributed by atoms with Crippen molar-refractivity contribution in [2.75, 3.05) is 17.2 Å². The summed E-state index contributed by atoms with van der Waals surface area (Å²) in [7, 11) is -4.63. The van der Waals surface area contributed by atoms with Crippen molar-refractivity contribution in [3.05, 3.63) is 29.0 Å². The van der Waals surface area contributed by atoms with Gasteiger partial charge in [-0.3, -0.25) is 4.79 Å². The number of hydrogen-bond donors (Lipinski definition) is 0. The molecule has 1 unspecified atom stereocenters. The molecule has 1 saturated heterocycles. The quantitative estimate of drug-likeness (QED) is 0.804. The molecule has 8 heteroatoms. The van der Waals surface area contributed by atoms with E-state index in [-0.39, 0.29) is 29.6 Å². The van der Waals surface area contributed by atoms with Crippen LogP contribution in [0.25, 0.3) is 0 Å². The number of carbonyl (C=O) groups excluding carboxylic acids is 1. The predicted octanol–water partition coefficient (Wildman–Crippen LogP) is 2.13. The molecule has 0 saturated carbocycles. The van der Waals surface area contributed by atoms with Crippen molar-refractivity contribution in [3.63, 3.8) is 0 Å². The fraction of sp³-hybridized carbons (Fsp3) is 0.364. The van der Waals surface area contributed by atoms with Gasteiger partial charge in [0.2, 0.25) is 5.91 Å². The molecule has 0 bridgehead atoms. The fourth-order valence-corrected chi connectivity index (χ4v) is 2.98. The predicted molar refractivity (Wildman–Crippen MR) is 66.8 cm³/mol. The Morgan fingerprint density at radius 2 is 2.11 bits per heavy atom. The minimum absolute atomic E-state index is 0.0447. The molecule has 1 fully saturated rings. The van der Waals surface area contributed by atoms with Crippen LogP contribution in [0.5, 0.6) is 0 Å². The molecule has 1 aromatic carbocycles. The number of nitrogens with zero attached hydrogens (tertiary/aromatic N) is 1. The number of amides is 1. The maximum Gasteiger partial charge on any atom is 0.302 e. The first-order chi connectivity index (χ1) is 8.76. The lowest BCUT2D eigenvalue weighted by Crippen LogP contribution is -2.25. The topological polar surface area (TPSA) is 54.5 Å². The summed E-state index contributed by atoms with van der Waals surface area (Å²) in [5, 5.41) is -0.0710. The molecule has 0 spiro atoms. The standard InChI is InChI=1S/C11H10ClF2NO3S/c12-9-2-1-8(4-10(9)13)15-5-7(3-11(15)16)6-19(14,17)18/h1-2,4,7H,3,5-6H2. The SMILES string of the molecule is O=C1CC(CS(=O)(=O)F)CN1c1ccc(Cl)c(F)c1. The third-order valence-corrected chi connectivity index (χ3v) is 4.03. The Morgan fingerprint density at radius 1 is 1.42 bits per heavy atom. The third kappa shape index (κ3) is 3.42. The van der Waals surface area contributed by atoms with Crippen molar-refractivity contribution in [2.45, 2.75) is 6.42 Å². The van der Waals surface area contributed by atoms with Gasteiger partial charge in [0.15, 0.2) is 0 Å². The van der Waals surface area contributed by atoms with Crippen LogP contribution in [0.4, 0.5) is 14.0 Å². The lowest BCUT2D eigenvalue weighted by molar-refractivity contribution is -0.117. The van der Waals surface area contributed by atoms with Gasteiger partial charge in [-0.2, -0.15) is 8.42 Å². The van der Waals surface area contributed by atoms with E-state index in [9.17, 15) is 21.5 Å². The van der Waals surface area contributed by atoms with Crippen LogP contribution < -0.4 is 4.90 Å². The molecule has 4 nitrogen and oxygen atoms in total. The molecule has 19 heavy (non-hydrogen) atoms. The average molecular weight is 310 g/mol. The van der Waals surface area contributed by atoms with Crippen LogP contribution in [0.3, 0.4) is 0 Å². The van der Waals surface area contributed by atoms with Crippen molar-refractivity contribution < 1.29 is 21.5 Å². The molecule has 0 aliphatic carbocycles. The Kier molecular flexibility index (Phi) is 3.78. The van der Waals surface area contributed by atoms with E-state index in [0.29, 0.717) is 0 Å². The molecule has 1 aliphatic rings. The second-order valence-electron chi connectivity index (χ2n) is 4.38. The maximum absolute atomic E-state index is 13.3. The van der Waals surface area contributed by atoms with Crippen molar-refractivity contribution >= 4 is 33.4 Å². The number of anilines is 1. The van der Waals surface area contributed by atoms with Gasteiger partial charge in [-0.15, -0.1) is 3.89 Å². The fourth-order valence-electron chi connectivity index (χ4n) is 2.08. The van der Waals surface area contributed by atoms with Crippen molar-refractivity contribution in [2.24, 2.45) is 5.92 Å². The zero-order valence-electron chi connectivity index (χ0n) is 9.64. The van der Waals surface area contributed by atoms with Crippen LogP contribution in [0.2, 0.25) is 5.02 Å². The molecule has 1 atom stereocenters. The first kappa shape index (κ1) is 14.2. The minimum atomic E-state index is -4.63. The summed E-state index contributed by atoms with van der Waals surface area (Å²) < 4.78 is 47.0. The normalized spacial score (nSPS) is 20.1. The Hall–Kier alpha value is -1.21. The smallest absolute Gasteiger partial charge is 0.302 e. The van der Waals surface area contributed by atoms with E-state index in [2.05, 4.69) is 0 Å². The van der Waals surface area contributed by atoms with Gasteiger partial charge < -0.3 is 4.90 Å². The largest absolute Gasteiger partial charge is 0.312 e. The van der Waals surface area contributed by atoms with Crippen LogP contribution in [0.15, 0.2) is 18.2 Å². The van der Waals surface area contributed by atoms with Crippen LogP contribution in [-0.4, -0.2) is 26.6 Å². The van der Waals surface area contributed by atoms with Gasteiger partial charge in [-0.1, -0.05) is 11.6 Å². The maximum atomic E-state index is 13.3. The van der Waals surface area contributed by atoms with Gasteiger partial charge in [0.1, 0.15) is 5.82 Å². The number of benzene rings is 1. The van der Waals surface area contributed by atoms with Crippen LogP contribution in [0.1, 0.15) is 6.42 Å². The third-order valence-electron chi connectivity index (χ3n) is 2.85. The summed E-state index contributed by atoms with van der Waals surface area (Å²) in [5.74, 6) is -2.36. The Balaban J connectivity index is 2.18. The monoisotopic (exact) mass is 309 g/mol. The van der Waals surface area contributed by atoms with E-state index in [4.69, 9.17) is 11.6 Å². The summed E-state index contributed by atoms with van der Waals surface area (Å²) in [5.41, 5.74) is 0.283. The van der Waals surface area contributed by atoms with Crippen molar-refractivity contribution in [3.8, 4) is 0 Å². The van der Waals surface area contributed by atoms with Gasteiger partial charge in [0.25, 0.3) is 0 Å². The van der Waals surface area contributed by atoms with Gasteiger partial charge in [-0.05, 0) is 18.2 Å². The summed E-state index contributed by atoms with van der Waals surface area (Å²) in [6, 6.07) is 3.85. The molecular weight excluding hydrogens is 300 g/mol. The molecule has 1 aliphatic heterocycles. The molecule has 0 N–H and O–H groups in total. The number of hydrogen-bond acceptors (Lipinski definition) is 3. The molecule has 2 rings (SSSR count). The van der Waals surface area contributed by atoms with Crippen LogP contribution in [0, 0.1) is 11.7 Å². The van der Waals surface area contributed by atoms with E-state index in [1.54, 1.807) is 0 Å². The average Bonchev–Trinajstić information content (AvgIpc) is 2.61. The first-order valence-corrected chi connectivity index (χ1v) is 7.37. The summed E-state index contributed by atoms with van der Waals surface area (Å²) in [6.07, 6.45) is -0.0760. The summed E-state index contributed by atoms with van der Waals surface area (Å²) >= 11 is 5.53. The lowest BCUT2D eigenvalue weighted by atomic mass is 10.1. The highest BCUT2D eigenvalue weighted by Crippen LogP contribution is 2.28. The molecule has 0 aromatic heterocycles. The lowest BCUT2D eigenvalue weighted by Gasteiger charge is -2.16. The van der Waals surface area contributed by atoms with E-state index in [0.717, 1.165) is 6.07 Å². The Bertz CT molecular complexity index is 620. The number of carbonyl (C=O) groups is 1. The second kappa shape index (κ2) is 5.05.